The molecule has 0 unspecified atom stereocenters. The maximum atomic E-state index is 4.53. The van der Waals surface area contributed by atoms with Crippen molar-refractivity contribution in [1.82, 2.24) is 70.0 Å². The molecule has 0 atom stereocenters. The van der Waals surface area contributed by atoms with E-state index in [1.807, 2.05) is 84.6 Å². The van der Waals surface area contributed by atoms with Crippen molar-refractivity contribution in [2.24, 2.45) is 0 Å². The summed E-state index contributed by atoms with van der Waals surface area (Å²) in [6, 6.07) is 8.60. The number of aromatic nitrogens is 14. The second-order valence-corrected chi connectivity index (χ2v) is 40.7. The van der Waals surface area contributed by atoms with Crippen molar-refractivity contribution in [2.75, 3.05) is 0 Å². The van der Waals surface area contributed by atoms with Crippen LogP contribution in [0.3, 0.4) is 0 Å². The highest BCUT2D eigenvalue weighted by Gasteiger charge is 2.15. The summed E-state index contributed by atoms with van der Waals surface area (Å²) in [6.45, 7) is 86.5. The molecule has 10 aromatic heterocycles. The third-order valence-electron chi connectivity index (χ3n) is 17.7. The van der Waals surface area contributed by atoms with Gasteiger partial charge in [0, 0.05) is 141 Å². The van der Waals surface area contributed by atoms with E-state index in [-0.39, 0.29) is 7.43 Å². The second kappa shape index (κ2) is 57.0. The van der Waals surface area contributed by atoms with Gasteiger partial charge < -0.3 is 0 Å². The average molecular weight is 1680 g/mol. The Bertz CT molecular complexity index is 3210. The molecule has 0 saturated heterocycles. The minimum atomic E-state index is 0. The Balaban J connectivity index is 0.00000127. The molecule has 10 aromatic rings. The van der Waals surface area contributed by atoms with E-state index in [1.54, 1.807) is 34.0 Å². The number of nitrogens with zero attached hydrogens (tertiary/aromatic N) is 14. The monoisotopic (exact) mass is 1680 g/mol. The van der Waals surface area contributed by atoms with E-state index in [0.29, 0.717) is 118 Å². The van der Waals surface area contributed by atoms with Gasteiger partial charge in [0.05, 0.1) is 42.8 Å². The Morgan fingerprint density at radius 1 is 0.190 bits per heavy atom. The summed E-state index contributed by atoms with van der Waals surface area (Å²) in [7, 11) is 0. The smallest absolute Gasteiger partial charge is 0.130 e. The van der Waals surface area contributed by atoms with Gasteiger partial charge in [-0.15, -0.1) is 66.9 Å². The van der Waals surface area contributed by atoms with E-state index < -0.39 is 0 Å². The zero-order chi connectivity index (χ0) is 87.8. The Labute approximate surface area is 729 Å². The Morgan fingerprint density at radius 3 is 0.595 bits per heavy atom. The van der Waals surface area contributed by atoms with Crippen LogP contribution < -0.4 is 0 Å². The van der Waals surface area contributed by atoms with Gasteiger partial charge in [-0.2, -0.15) is 0 Å². The maximum Gasteiger partial charge on any atom is 0.130 e. The van der Waals surface area contributed by atoms with E-state index >= 15 is 0 Å². The first-order chi connectivity index (χ1) is 53.6. The predicted molar refractivity (Wildman–Crippen MR) is 511 cm³/mol. The van der Waals surface area contributed by atoms with Crippen LogP contribution in [0.2, 0.25) is 0 Å². The standard InChI is InChI=1S/2C11H17N.3C10H16N2.4C9H15NS.C8H14N2S.CH4/c2*1-8(2)10-5-6-11(9(3)4)12-7-10;1-7(2)9-5-12-10(6-11-9)8(3)4;2*1-7(2)9-5-11-10(8(3)4)12-6-9;2*1-6(2)8-5-11-9(10-8)7(3)4;2*1-6(2)8-5-10-9(11-8)7(3)4;1-5(2)7-9-10-8(11-7)6(3)4;/h2*5-9H,1-4H3;3*5-8H,1-4H3;4*5-7H,1-4H3;5-6H,1-4H3;1H4. The summed E-state index contributed by atoms with van der Waals surface area (Å²) in [5, 5.41) is 19.9. The van der Waals surface area contributed by atoms with E-state index in [4.69, 9.17) is 0 Å². The molecule has 0 aliphatic rings. The quantitative estimate of drug-likeness (QED) is 0.0703. The van der Waals surface area contributed by atoms with Crippen molar-refractivity contribution in [1.29, 1.82) is 0 Å². The summed E-state index contributed by atoms with van der Waals surface area (Å²) < 4.78 is 0. The van der Waals surface area contributed by atoms with E-state index in [9.17, 15) is 0 Å². The van der Waals surface area contributed by atoms with Crippen LogP contribution in [0.25, 0.3) is 0 Å². The fourth-order valence-corrected chi connectivity index (χ4v) is 13.8. The van der Waals surface area contributed by atoms with Crippen molar-refractivity contribution in [3.63, 3.8) is 0 Å². The number of pyridine rings is 2. The van der Waals surface area contributed by atoms with Gasteiger partial charge in [0.25, 0.3) is 0 Å². The lowest BCUT2D eigenvalue weighted by Gasteiger charge is -2.07. The van der Waals surface area contributed by atoms with Crippen molar-refractivity contribution in [3.8, 4) is 0 Å². The molecule has 14 nitrogen and oxygen atoms in total. The van der Waals surface area contributed by atoms with Crippen LogP contribution in [0.1, 0.15) is 511 Å². The van der Waals surface area contributed by atoms with Crippen molar-refractivity contribution in [2.45, 2.75) is 403 Å². The molecule has 116 heavy (non-hydrogen) atoms. The van der Waals surface area contributed by atoms with E-state index in [2.05, 4.69) is 382 Å². The third kappa shape index (κ3) is 43.0. The third-order valence-corrected chi connectivity index (χ3v) is 24.7. The molecule has 0 aliphatic heterocycles. The van der Waals surface area contributed by atoms with Crippen LogP contribution in [0.5, 0.6) is 0 Å². The molecule has 0 aromatic carbocycles. The van der Waals surface area contributed by atoms with Gasteiger partial charge in [-0.1, -0.05) is 297 Å². The molecule has 0 saturated carbocycles. The van der Waals surface area contributed by atoms with E-state index in [0.717, 1.165) is 33.1 Å². The molecular formula is C97H160N14S5. The lowest BCUT2D eigenvalue weighted by atomic mass is 10.0. The molecule has 0 spiro atoms. The Hall–Kier alpha value is -6.38. The first-order valence-corrected chi connectivity index (χ1v) is 46.8. The van der Waals surface area contributed by atoms with Crippen LogP contribution in [0.15, 0.2) is 97.0 Å². The van der Waals surface area contributed by atoms with Gasteiger partial charge in [0.15, 0.2) is 0 Å². The summed E-state index contributed by atoms with van der Waals surface area (Å²) in [5.41, 5.74) is 12.0. The molecule has 0 amide bonds. The number of hydrogen-bond acceptors (Lipinski definition) is 19. The molecule has 0 bridgehead atoms. The van der Waals surface area contributed by atoms with Gasteiger partial charge in [0.1, 0.15) is 21.7 Å². The predicted octanol–water partition coefficient (Wildman–Crippen LogP) is 31.8. The van der Waals surface area contributed by atoms with Crippen molar-refractivity contribution >= 4 is 56.7 Å². The van der Waals surface area contributed by atoms with Gasteiger partial charge in [-0.3, -0.25) is 19.9 Å². The summed E-state index contributed by atoms with van der Waals surface area (Å²) in [5.74, 6) is 12.6. The highest BCUT2D eigenvalue weighted by atomic mass is 32.1. The molecule has 19 heteroatoms. The largest absolute Gasteiger partial charge is 0.261 e. The molecule has 0 fully saturated rings. The molecule has 0 aliphatic carbocycles. The zero-order valence-corrected chi connectivity index (χ0v) is 83.2. The number of thiazole rings is 4. The molecule has 0 radical (unpaired) electrons. The van der Waals surface area contributed by atoms with E-state index in [1.165, 1.54) is 74.8 Å². The van der Waals surface area contributed by atoms with Crippen molar-refractivity contribution in [3.05, 3.63) is 205 Å². The first kappa shape index (κ1) is 110. The SMILES string of the molecule is C.CC(C)c1ccc(C(C)C)nc1.CC(C)c1ccc(C(C)C)nc1.CC(C)c1cnc(C(C)C)cn1.CC(C)c1cnc(C(C)C)nc1.CC(C)c1cnc(C(C)C)nc1.CC(C)c1cnc(C(C)C)s1.CC(C)c1cnc(C(C)C)s1.CC(C)c1csc(C(C)C)n1.CC(C)c1csc(C(C)C)n1.CC(C)c1nnc(C(C)C)s1. The minimum absolute atomic E-state index is 0. The van der Waals surface area contributed by atoms with Gasteiger partial charge in [-0.05, 0) is 105 Å². The maximum absolute atomic E-state index is 4.53. The topological polar surface area (TPSA) is 180 Å². The lowest BCUT2D eigenvalue weighted by molar-refractivity contribution is 0.754. The Kier molecular flexibility index (Phi) is 53.8. The molecule has 10 rings (SSSR count). The number of hydrogen-bond donors (Lipinski definition) is 0. The summed E-state index contributed by atoms with van der Waals surface area (Å²) in [6.07, 6.45) is 19.4. The van der Waals surface area contributed by atoms with Crippen molar-refractivity contribution < 1.29 is 0 Å². The second-order valence-electron chi connectivity index (χ2n) is 35.6. The van der Waals surface area contributed by atoms with Gasteiger partial charge in [-0.25, -0.2) is 39.9 Å². The van der Waals surface area contributed by atoms with Crippen LogP contribution in [-0.4, -0.2) is 70.0 Å². The first-order valence-electron chi connectivity index (χ1n) is 42.6. The minimum Gasteiger partial charge on any atom is -0.261 e. The molecule has 648 valence electrons. The highest BCUT2D eigenvalue weighted by molar-refractivity contribution is 7.12. The summed E-state index contributed by atoms with van der Waals surface area (Å²) in [4.78, 5) is 55.2. The molecule has 10 heterocycles. The molecular weight excluding hydrogens is 1520 g/mol. The Morgan fingerprint density at radius 2 is 0.440 bits per heavy atom. The van der Waals surface area contributed by atoms with Crippen LogP contribution >= 0.6 is 56.7 Å². The highest BCUT2D eigenvalue weighted by Crippen LogP contribution is 2.30. The van der Waals surface area contributed by atoms with Crippen LogP contribution in [0, 0.1) is 0 Å². The summed E-state index contributed by atoms with van der Waals surface area (Å²) >= 11 is 8.95. The number of rotatable bonds is 20. The fourth-order valence-electron chi connectivity index (χ4n) is 9.08. The van der Waals surface area contributed by atoms with Crippen LogP contribution in [-0.2, 0) is 0 Å². The lowest BCUT2D eigenvalue weighted by Crippen LogP contribution is -1.99. The zero-order valence-electron chi connectivity index (χ0n) is 79.1. The van der Waals surface area contributed by atoms with Crippen LogP contribution in [0.4, 0.5) is 0 Å². The van der Waals surface area contributed by atoms with Gasteiger partial charge >= 0.3 is 0 Å². The molecule has 0 N–H and O–H groups in total. The van der Waals surface area contributed by atoms with Gasteiger partial charge in [0.2, 0.25) is 0 Å². The normalized spacial score (nSPS) is 11.2. The fraction of sp³-hybridized carbons (Fsp3) is 0.629. The average Bonchev–Trinajstić information content (AvgIpc) is 1.79.